The second kappa shape index (κ2) is 4.18. The van der Waals surface area contributed by atoms with Crippen LogP contribution in [-0.4, -0.2) is 15.2 Å². The number of hydrogen-bond donors (Lipinski definition) is 2. The maximum absolute atomic E-state index is 11.0. The number of nitrogens with zero attached hydrogens (tertiary/aromatic N) is 2. The quantitative estimate of drug-likeness (QED) is 0.805. The Balaban J connectivity index is 2.10. The lowest BCUT2D eigenvalue weighted by Crippen LogP contribution is -2.16. The van der Waals surface area contributed by atoms with Gasteiger partial charge < -0.3 is 9.73 Å². The Morgan fingerprint density at radius 2 is 2.25 bits per heavy atom. The van der Waals surface area contributed by atoms with E-state index in [2.05, 4.69) is 20.5 Å². The molecule has 6 heteroatoms. The molecule has 84 valence electrons. The predicted molar refractivity (Wildman–Crippen MR) is 58.2 cm³/mol. The number of H-pyrrole nitrogens is 1. The first-order valence-corrected chi connectivity index (χ1v) is 4.87. The fraction of sp³-hybridized carbons (Fsp3) is 0.300. The monoisotopic (exact) mass is 220 g/mol. The van der Waals surface area contributed by atoms with Crippen LogP contribution in [0.5, 0.6) is 0 Å². The average Bonchev–Trinajstić information content (AvgIpc) is 2.66. The normalized spacial score (nSPS) is 10.4. The van der Waals surface area contributed by atoms with Crippen LogP contribution in [0.4, 0.5) is 5.82 Å². The summed E-state index contributed by atoms with van der Waals surface area (Å²) in [4.78, 5) is 14.7. The highest BCUT2D eigenvalue weighted by molar-refractivity contribution is 5.37. The Labute approximate surface area is 91.7 Å². The fourth-order valence-electron chi connectivity index (χ4n) is 1.31. The summed E-state index contributed by atoms with van der Waals surface area (Å²) in [5.41, 5.74) is 0.173. The van der Waals surface area contributed by atoms with E-state index in [0.29, 0.717) is 18.1 Å². The Hall–Kier alpha value is -2.11. The molecule has 0 bridgehead atoms. The summed E-state index contributed by atoms with van der Waals surface area (Å²) in [6.45, 7) is 4.12. The molecule has 2 aromatic heterocycles. The van der Waals surface area contributed by atoms with Gasteiger partial charge in [-0.3, -0.25) is 0 Å². The van der Waals surface area contributed by atoms with Gasteiger partial charge in [0.05, 0.1) is 6.54 Å². The molecule has 2 N–H and O–H groups in total. The molecule has 0 aromatic carbocycles. The summed E-state index contributed by atoms with van der Waals surface area (Å²) in [6, 6.07) is 3.76. The van der Waals surface area contributed by atoms with Crippen molar-refractivity contribution in [1.82, 2.24) is 15.2 Å². The number of nitrogens with one attached hydrogen (secondary N) is 2. The molecule has 2 heterocycles. The zero-order valence-corrected chi connectivity index (χ0v) is 9.07. The van der Waals surface area contributed by atoms with E-state index in [9.17, 15) is 4.79 Å². The van der Waals surface area contributed by atoms with Gasteiger partial charge in [-0.1, -0.05) is 0 Å². The maximum Gasteiger partial charge on any atom is 0.363 e. The molecule has 16 heavy (non-hydrogen) atoms. The van der Waals surface area contributed by atoms with E-state index >= 15 is 0 Å². The van der Waals surface area contributed by atoms with Gasteiger partial charge in [0.15, 0.2) is 5.82 Å². The molecule has 6 nitrogen and oxygen atoms in total. The first kappa shape index (κ1) is 10.4. The van der Waals surface area contributed by atoms with Gasteiger partial charge >= 0.3 is 5.69 Å². The second-order valence-electron chi connectivity index (χ2n) is 3.44. The highest BCUT2D eigenvalue weighted by Gasteiger charge is 2.03. The summed E-state index contributed by atoms with van der Waals surface area (Å²) in [5.74, 6) is 2.11. The number of hydrogen-bond acceptors (Lipinski definition) is 5. The van der Waals surface area contributed by atoms with Crippen molar-refractivity contribution in [3.63, 3.8) is 0 Å². The van der Waals surface area contributed by atoms with Crippen LogP contribution in [0.1, 0.15) is 17.2 Å². The average molecular weight is 220 g/mol. The molecule has 0 aliphatic rings. The molecule has 0 radical (unpaired) electrons. The van der Waals surface area contributed by atoms with E-state index in [-0.39, 0.29) is 0 Å². The van der Waals surface area contributed by atoms with Gasteiger partial charge in [-0.05, 0) is 26.0 Å². The highest BCUT2D eigenvalue weighted by Crippen LogP contribution is 2.09. The minimum Gasteiger partial charge on any atom is -0.465 e. The first-order chi connectivity index (χ1) is 7.65. The summed E-state index contributed by atoms with van der Waals surface area (Å²) in [5, 5.41) is 9.06. The van der Waals surface area contributed by atoms with Crippen LogP contribution < -0.4 is 11.0 Å². The second-order valence-corrected chi connectivity index (χ2v) is 3.44. The molecule has 2 aromatic rings. The van der Waals surface area contributed by atoms with Gasteiger partial charge in [0.25, 0.3) is 0 Å². The number of anilines is 1. The fourth-order valence-corrected chi connectivity index (χ4v) is 1.31. The van der Waals surface area contributed by atoms with E-state index in [1.807, 2.05) is 19.1 Å². The molecule has 0 fully saturated rings. The van der Waals surface area contributed by atoms with Gasteiger partial charge in [0.1, 0.15) is 17.2 Å². The zero-order valence-electron chi connectivity index (χ0n) is 9.07. The SMILES string of the molecule is Cc1ccc(CNc2nc(=O)[nH]nc2C)o1. The third-order valence-corrected chi connectivity index (χ3v) is 2.10. The van der Waals surface area contributed by atoms with Gasteiger partial charge in [0, 0.05) is 0 Å². The van der Waals surface area contributed by atoms with E-state index in [1.165, 1.54) is 0 Å². The Bertz CT molecular complexity index is 544. The molecule has 0 saturated heterocycles. The number of rotatable bonds is 3. The first-order valence-electron chi connectivity index (χ1n) is 4.87. The minimum atomic E-state index is -0.469. The van der Waals surface area contributed by atoms with Crippen LogP contribution in [0, 0.1) is 13.8 Å². The Kier molecular flexibility index (Phi) is 2.72. The van der Waals surface area contributed by atoms with Crippen molar-refractivity contribution < 1.29 is 4.42 Å². The van der Waals surface area contributed by atoms with Crippen LogP contribution in [0.3, 0.4) is 0 Å². The van der Waals surface area contributed by atoms with Crippen molar-refractivity contribution >= 4 is 5.82 Å². The van der Waals surface area contributed by atoms with Crippen molar-refractivity contribution in [1.29, 1.82) is 0 Å². The predicted octanol–water partition coefficient (Wildman–Crippen LogP) is 0.987. The molecule has 0 unspecified atom stereocenters. The van der Waals surface area contributed by atoms with Crippen molar-refractivity contribution in [2.45, 2.75) is 20.4 Å². The number of aromatic nitrogens is 3. The summed E-state index contributed by atoms with van der Waals surface area (Å²) >= 11 is 0. The molecule has 0 atom stereocenters. The van der Waals surface area contributed by atoms with E-state index in [0.717, 1.165) is 11.5 Å². The highest BCUT2D eigenvalue weighted by atomic mass is 16.3. The topological polar surface area (TPSA) is 83.8 Å². The lowest BCUT2D eigenvalue weighted by atomic mass is 10.4. The molecular weight excluding hydrogens is 208 g/mol. The Morgan fingerprint density at radius 1 is 1.44 bits per heavy atom. The molecular formula is C10H12N4O2. The van der Waals surface area contributed by atoms with Crippen LogP contribution in [0.15, 0.2) is 21.3 Å². The Morgan fingerprint density at radius 3 is 2.94 bits per heavy atom. The number of aromatic amines is 1. The van der Waals surface area contributed by atoms with Gasteiger partial charge in [-0.2, -0.15) is 10.1 Å². The van der Waals surface area contributed by atoms with Crippen molar-refractivity contribution in [3.05, 3.63) is 39.8 Å². The number of furan rings is 1. The van der Waals surface area contributed by atoms with Crippen LogP contribution >= 0.6 is 0 Å². The van der Waals surface area contributed by atoms with Crippen LogP contribution in [-0.2, 0) is 6.54 Å². The standard InChI is InChI=1S/C10H12N4O2/c1-6-3-4-8(16-6)5-11-9-7(2)13-14-10(15)12-9/h3-4H,5H2,1-2H3,(H2,11,12,14,15). The van der Waals surface area contributed by atoms with Crippen molar-refractivity contribution in [3.8, 4) is 0 Å². The molecule has 0 aliphatic heterocycles. The molecule has 0 saturated carbocycles. The molecule has 2 rings (SSSR count). The minimum absolute atomic E-state index is 0.469. The smallest absolute Gasteiger partial charge is 0.363 e. The van der Waals surface area contributed by atoms with E-state index in [4.69, 9.17) is 4.42 Å². The van der Waals surface area contributed by atoms with E-state index in [1.54, 1.807) is 6.92 Å². The summed E-state index contributed by atoms with van der Waals surface area (Å²) in [7, 11) is 0. The lowest BCUT2D eigenvalue weighted by molar-refractivity contribution is 0.490. The maximum atomic E-state index is 11.0. The molecule has 0 amide bonds. The van der Waals surface area contributed by atoms with Crippen LogP contribution in [0.2, 0.25) is 0 Å². The summed E-state index contributed by atoms with van der Waals surface area (Å²) < 4.78 is 5.38. The van der Waals surface area contributed by atoms with Crippen LogP contribution in [0.25, 0.3) is 0 Å². The third-order valence-electron chi connectivity index (χ3n) is 2.10. The van der Waals surface area contributed by atoms with Crippen molar-refractivity contribution in [2.75, 3.05) is 5.32 Å². The van der Waals surface area contributed by atoms with Gasteiger partial charge in [0.2, 0.25) is 0 Å². The van der Waals surface area contributed by atoms with E-state index < -0.39 is 5.69 Å². The molecule has 0 aliphatic carbocycles. The summed E-state index contributed by atoms with van der Waals surface area (Å²) in [6.07, 6.45) is 0. The lowest BCUT2D eigenvalue weighted by Gasteiger charge is -2.04. The third kappa shape index (κ3) is 2.28. The van der Waals surface area contributed by atoms with Crippen molar-refractivity contribution in [2.24, 2.45) is 0 Å². The number of aryl methyl sites for hydroxylation is 2. The van der Waals surface area contributed by atoms with Gasteiger partial charge in [-0.25, -0.2) is 9.89 Å². The van der Waals surface area contributed by atoms with Gasteiger partial charge in [-0.15, -0.1) is 0 Å². The zero-order chi connectivity index (χ0) is 11.5. The largest absolute Gasteiger partial charge is 0.465 e. The molecule has 0 spiro atoms.